The predicted molar refractivity (Wildman–Crippen MR) is 130 cm³/mol. The van der Waals surface area contributed by atoms with Gasteiger partial charge >= 0.3 is 0 Å². The minimum absolute atomic E-state index is 0.0495. The van der Waals surface area contributed by atoms with Crippen molar-refractivity contribution in [3.05, 3.63) is 81.9 Å². The fourth-order valence-electron chi connectivity index (χ4n) is 3.07. The molecule has 2 aromatic carbocycles. The van der Waals surface area contributed by atoms with Gasteiger partial charge in [0, 0.05) is 48.9 Å². The molecule has 1 saturated heterocycles. The van der Waals surface area contributed by atoms with E-state index in [0.717, 1.165) is 27.2 Å². The van der Waals surface area contributed by atoms with Gasteiger partial charge in [-0.25, -0.2) is 4.99 Å². The molecular formula is C23H21BrN4OS. The number of aromatic nitrogens is 1. The number of amidine groups is 1. The van der Waals surface area contributed by atoms with Gasteiger partial charge in [-0.2, -0.15) is 0 Å². The van der Waals surface area contributed by atoms with Crippen molar-refractivity contribution in [3.63, 3.8) is 0 Å². The summed E-state index contributed by atoms with van der Waals surface area (Å²) >= 11 is 4.82. The Morgan fingerprint density at radius 1 is 1.03 bits per heavy atom. The molecule has 0 atom stereocenters. The Labute approximate surface area is 188 Å². The third kappa shape index (κ3) is 4.22. The van der Waals surface area contributed by atoms with E-state index in [0.29, 0.717) is 10.1 Å². The fraction of sp³-hybridized carbons (Fsp3) is 0.130. The number of nitrogens with zero attached hydrogens (tertiary/aromatic N) is 4. The highest BCUT2D eigenvalue weighted by molar-refractivity contribution is 9.10. The van der Waals surface area contributed by atoms with E-state index in [1.807, 2.05) is 62.8 Å². The average molecular weight is 481 g/mol. The highest BCUT2D eigenvalue weighted by atomic mass is 79.9. The number of anilines is 1. The van der Waals surface area contributed by atoms with Crippen LogP contribution in [-0.4, -0.2) is 41.7 Å². The molecular weight excluding hydrogens is 460 g/mol. The van der Waals surface area contributed by atoms with Crippen LogP contribution in [0, 0.1) is 0 Å². The second-order valence-corrected chi connectivity index (χ2v) is 8.98. The van der Waals surface area contributed by atoms with Gasteiger partial charge in [0.1, 0.15) is 0 Å². The maximum absolute atomic E-state index is 12.8. The van der Waals surface area contributed by atoms with Gasteiger partial charge in [-0.3, -0.25) is 9.69 Å². The van der Waals surface area contributed by atoms with E-state index >= 15 is 0 Å². The van der Waals surface area contributed by atoms with E-state index in [1.54, 1.807) is 11.9 Å². The van der Waals surface area contributed by atoms with E-state index in [4.69, 9.17) is 0 Å². The fourth-order valence-corrected chi connectivity index (χ4v) is 4.31. The Bertz CT molecular complexity index is 1130. The molecule has 4 rings (SSSR count). The second kappa shape index (κ2) is 8.53. The molecule has 1 fully saturated rings. The minimum Gasteiger partial charge on any atom is -0.378 e. The molecule has 30 heavy (non-hydrogen) atoms. The van der Waals surface area contributed by atoms with Gasteiger partial charge in [0.05, 0.1) is 10.6 Å². The second-order valence-electron chi connectivity index (χ2n) is 7.06. The molecule has 0 aliphatic carbocycles. The summed E-state index contributed by atoms with van der Waals surface area (Å²) in [5.74, 6) is -0.0495. The number of carbonyl (C=O) groups is 1. The first kappa shape index (κ1) is 20.5. The van der Waals surface area contributed by atoms with E-state index < -0.39 is 0 Å². The summed E-state index contributed by atoms with van der Waals surface area (Å²) in [6, 6.07) is 20.0. The van der Waals surface area contributed by atoms with Crippen LogP contribution in [-0.2, 0) is 4.79 Å². The lowest BCUT2D eigenvalue weighted by Gasteiger charge is -2.13. The molecule has 0 unspecified atom stereocenters. The third-order valence-corrected chi connectivity index (χ3v) is 6.35. The first-order valence-corrected chi connectivity index (χ1v) is 11.0. The number of hydrogen-bond donors (Lipinski definition) is 0. The Hall–Kier alpha value is -2.77. The normalized spacial score (nSPS) is 16.7. The molecule has 0 bridgehead atoms. The molecule has 0 saturated carbocycles. The number of aliphatic imine (C=N–C) groups is 1. The number of thioether (sulfide) groups is 1. The van der Waals surface area contributed by atoms with Crippen LogP contribution in [0.25, 0.3) is 11.8 Å². The average Bonchev–Trinajstić information content (AvgIpc) is 3.30. The van der Waals surface area contributed by atoms with Crippen molar-refractivity contribution in [2.45, 2.75) is 0 Å². The van der Waals surface area contributed by atoms with Gasteiger partial charge < -0.3 is 9.47 Å². The van der Waals surface area contributed by atoms with Crippen molar-refractivity contribution in [3.8, 4) is 5.69 Å². The minimum atomic E-state index is -0.0495. The van der Waals surface area contributed by atoms with Crippen LogP contribution in [0.15, 0.2) is 81.2 Å². The number of likely N-dealkylation sites (N-methyl/N-ethyl adjacent to an activating group) is 1. The number of halogens is 1. The lowest BCUT2D eigenvalue weighted by Crippen LogP contribution is -2.23. The molecule has 5 nitrogen and oxygen atoms in total. The van der Waals surface area contributed by atoms with Crippen molar-refractivity contribution in [2.75, 3.05) is 26.0 Å². The maximum atomic E-state index is 12.8. The SMILES string of the molecule is CN1C(=O)/C(=C/c2cccn2-c2ccc(N(C)C)cc2)SC1=Nc1ccc(Br)cc1. The number of benzene rings is 2. The first-order valence-electron chi connectivity index (χ1n) is 9.39. The van der Waals surface area contributed by atoms with Crippen molar-refractivity contribution >= 4 is 56.2 Å². The molecule has 152 valence electrons. The van der Waals surface area contributed by atoms with Crippen LogP contribution in [0.5, 0.6) is 0 Å². The zero-order chi connectivity index (χ0) is 21.3. The predicted octanol–water partition coefficient (Wildman–Crippen LogP) is 5.54. The standard InChI is InChI=1S/C23H21BrN4OS/c1-26(2)18-10-12-19(13-11-18)28-14-4-5-20(28)15-21-22(29)27(3)23(30-21)25-17-8-6-16(24)7-9-17/h4-15H,1-3H3/b21-15-,25-23?. The highest BCUT2D eigenvalue weighted by Crippen LogP contribution is 2.33. The largest absolute Gasteiger partial charge is 0.378 e. The van der Waals surface area contributed by atoms with E-state index in [1.165, 1.54) is 11.8 Å². The number of carbonyl (C=O) groups excluding carboxylic acids is 1. The van der Waals surface area contributed by atoms with Gasteiger partial charge in [-0.15, -0.1) is 0 Å². The van der Waals surface area contributed by atoms with Crippen LogP contribution >= 0.6 is 27.7 Å². The van der Waals surface area contributed by atoms with Crippen LogP contribution in [0.4, 0.5) is 11.4 Å². The topological polar surface area (TPSA) is 40.8 Å². The summed E-state index contributed by atoms with van der Waals surface area (Å²) in [6.45, 7) is 0. The van der Waals surface area contributed by atoms with Gasteiger partial charge in [0.2, 0.25) is 0 Å². The van der Waals surface area contributed by atoms with Crippen molar-refractivity contribution in [2.24, 2.45) is 4.99 Å². The molecule has 1 aromatic heterocycles. The van der Waals surface area contributed by atoms with Crippen molar-refractivity contribution < 1.29 is 4.79 Å². The number of rotatable bonds is 4. The molecule has 2 heterocycles. The lowest BCUT2D eigenvalue weighted by molar-refractivity contribution is -0.121. The molecule has 0 N–H and O–H groups in total. The van der Waals surface area contributed by atoms with E-state index in [2.05, 4.69) is 54.7 Å². The van der Waals surface area contributed by atoms with E-state index in [9.17, 15) is 4.79 Å². The van der Waals surface area contributed by atoms with E-state index in [-0.39, 0.29) is 5.91 Å². The smallest absolute Gasteiger partial charge is 0.266 e. The van der Waals surface area contributed by atoms with Gasteiger partial charge in [-0.05, 0) is 78.5 Å². The first-order chi connectivity index (χ1) is 14.4. The Balaban J connectivity index is 1.62. The number of amides is 1. The third-order valence-electron chi connectivity index (χ3n) is 4.76. The van der Waals surface area contributed by atoms with Crippen LogP contribution in [0.3, 0.4) is 0 Å². The van der Waals surface area contributed by atoms with Crippen molar-refractivity contribution in [1.82, 2.24) is 9.47 Å². The highest BCUT2D eigenvalue weighted by Gasteiger charge is 2.30. The van der Waals surface area contributed by atoms with Crippen LogP contribution < -0.4 is 4.90 Å². The summed E-state index contributed by atoms with van der Waals surface area (Å²) in [5.41, 5.74) is 3.94. The Morgan fingerprint density at radius 2 is 1.73 bits per heavy atom. The molecule has 3 aromatic rings. The number of hydrogen-bond acceptors (Lipinski definition) is 4. The summed E-state index contributed by atoms with van der Waals surface area (Å²) in [5, 5.41) is 0.669. The van der Waals surface area contributed by atoms with Crippen LogP contribution in [0.1, 0.15) is 5.69 Å². The lowest BCUT2D eigenvalue weighted by atomic mass is 10.2. The molecule has 1 aliphatic rings. The zero-order valence-corrected chi connectivity index (χ0v) is 19.3. The Morgan fingerprint density at radius 3 is 2.40 bits per heavy atom. The molecule has 1 aliphatic heterocycles. The summed E-state index contributed by atoms with van der Waals surface area (Å²) in [6.07, 6.45) is 3.93. The zero-order valence-electron chi connectivity index (χ0n) is 16.9. The molecule has 0 spiro atoms. The summed E-state index contributed by atoms with van der Waals surface area (Å²) in [4.78, 5) is 21.7. The molecule has 0 radical (unpaired) electrons. The maximum Gasteiger partial charge on any atom is 0.266 e. The van der Waals surface area contributed by atoms with Gasteiger partial charge in [0.15, 0.2) is 5.17 Å². The van der Waals surface area contributed by atoms with Gasteiger partial charge in [0.25, 0.3) is 5.91 Å². The monoisotopic (exact) mass is 480 g/mol. The molecule has 7 heteroatoms. The Kier molecular flexibility index (Phi) is 5.83. The van der Waals surface area contributed by atoms with Gasteiger partial charge in [-0.1, -0.05) is 15.9 Å². The quantitative estimate of drug-likeness (QED) is 0.460. The summed E-state index contributed by atoms with van der Waals surface area (Å²) in [7, 11) is 5.80. The van der Waals surface area contributed by atoms with Crippen LogP contribution in [0.2, 0.25) is 0 Å². The molecule has 1 amide bonds. The van der Waals surface area contributed by atoms with Crippen molar-refractivity contribution in [1.29, 1.82) is 0 Å². The summed E-state index contributed by atoms with van der Waals surface area (Å²) < 4.78 is 3.07.